The first-order chi connectivity index (χ1) is 17.9. The number of ether oxygens (including phenoxy) is 2. The normalized spacial score (nSPS) is 14.9. The average molecular weight is 505 g/mol. The molecule has 0 unspecified atom stereocenters. The third-order valence-electron chi connectivity index (χ3n) is 6.47. The topological polar surface area (TPSA) is 90.6 Å². The van der Waals surface area contributed by atoms with Crippen LogP contribution >= 0.6 is 0 Å². The number of para-hydroxylation sites is 1. The van der Waals surface area contributed by atoms with Gasteiger partial charge in [0.05, 0.1) is 19.1 Å². The van der Waals surface area contributed by atoms with Crippen LogP contribution in [0.4, 0.5) is 10.1 Å². The van der Waals surface area contributed by atoms with Gasteiger partial charge in [0, 0.05) is 24.4 Å². The van der Waals surface area contributed by atoms with Crippen LogP contribution in [0.2, 0.25) is 0 Å². The van der Waals surface area contributed by atoms with E-state index in [0.717, 1.165) is 43.4 Å². The molecule has 3 N–H and O–H groups in total. The highest BCUT2D eigenvalue weighted by Gasteiger charge is 2.18. The van der Waals surface area contributed by atoms with Crippen molar-refractivity contribution in [2.45, 2.75) is 51.7 Å². The Bertz CT molecular complexity index is 1250. The van der Waals surface area contributed by atoms with E-state index in [0.29, 0.717) is 34.5 Å². The van der Waals surface area contributed by atoms with E-state index < -0.39 is 0 Å². The van der Waals surface area contributed by atoms with E-state index in [1.165, 1.54) is 12.1 Å². The molecule has 1 heterocycles. The molecule has 0 aliphatic carbocycles. The van der Waals surface area contributed by atoms with Crippen LogP contribution in [-0.2, 0) is 33.7 Å². The number of hydrogen-bond acceptors (Lipinski definition) is 5. The molecule has 3 aromatic carbocycles. The molecule has 1 fully saturated rings. The van der Waals surface area contributed by atoms with Gasteiger partial charge in [-0.1, -0.05) is 24.3 Å². The number of anilines is 1. The molecule has 1 aliphatic rings. The van der Waals surface area contributed by atoms with E-state index in [1.807, 2.05) is 24.3 Å². The predicted octanol–water partition coefficient (Wildman–Crippen LogP) is 5.42. The van der Waals surface area contributed by atoms with Gasteiger partial charge in [-0.25, -0.2) is 4.39 Å². The van der Waals surface area contributed by atoms with E-state index >= 15 is 0 Å². The Balaban J connectivity index is 1.64. The molecule has 0 saturated carbocycles. The maximum atomic E-state index is 14.3. The smallest absolute Gasteiger partial charge is 0.310 e. The van der Waals surface area contributed by atoms with Crippen molar-refractivity contribution in [2.24, 2.45) is 5.73 Å². The number of hydrogen-bond donors (Lipinski definition) is 2. The number of carbonyl (C=O) groups is 2. The molecule has 0 aromatic heterocycles. The van der Waals surface area contributed by atoms with E-state index in [1.54, 1.807) is 31.2 Å². The molecule has 3 aromatic rings. The fourth-order valence-electron chi connectivity index (χ4n) is 4.63. The number of rotatable bonds is 10. The van der Waals surface area contributed by atoms with Gasteiger partial charge in [-0.05, 0) is 96.8 Å². The van der Waals surface area contributed by atoms with Gasteiger partial charge < -0.3 is 20.5 Å². The Kier molecular flexibility index (Phi) is 9.04. The molecule has 1 aliphatic heterocycles. The Hall–Kier alpha value is -3.55. The lowest BCUT2D eigenvalue weighted by Crippen LogP contribution is -2.16. The van der Waals surface area contributed by atoms with Crippen molar-refractivity contribution in [2.75, 3.05) is 18.5 Å². The summed E-state index contributed by atoms with van der Waals surface area (Å²) in [5.41, 5.74) is 10.5. The highest BCUT2D eigenvalue weighted by molar-refractivity contribution is 6.05. The molecular formula is C30H33FN2O4. The van der Waals surface area contributed by atoms with E-state index in [-0.39, 0.29) is 36.8 Å². The first-order valence-electron chi connectivity index (χ1n) is 12.8. The number of nitrogens with two attached hydrogens (primary N) is 1. The van der Waals surface area contributed by atoms with Crippen LogP contribution in [-0.4, -0.2) is 31.2 Å². The summed E-state index contributed by atoms with van der Waals surface area (Å²) in [6.07, 6.45) is 3.96. The quantitative estimate of drug-likeness (QED) is 0.360. The predicted molar refractivity (Wildman–Crippen MR) is 142 cm³/mol. The third kappa shape index (κ3) is 7.24. The molecule has 37 heavy (non-hydrogen) atoms. The molecule has 0 radical (unpaired) electrons. The van der Waals surface area contributed by atoms with Crippen molar-refractivity contribution in [3.63, 3.8) is 0 Å². The van der Waals surface area contributed by atoms with Gasteiger partial charge in [0.1, 0.15) is 5.82 Å². The molecule has 1 atom stereocenters. The van der Waals surface area contributed by atoms with Crippen LogP contribution in [0, 0.1) is 5.82 Å². The number of aryl methyl sites for hydroxylation is 1. The van der Waals surface area contributed by atoms with E-state index in [2.05, 4.69) is 5.32 Å². The van der Waals surface area contributed by atoms with Crippen LogP contribution in [0.25, 0.3) is 11.1 Å². The standard InChI is InChI=1S/C30H33FN2O4/c1-2-36-29(34)18-22-6-3-4-8-28(22)33-30(35)25-13-20(9-10-27-7-5-11-37-27)12-23(16-25)24-14-21(19-32)15-26(31)17-24/h3-4,6,8,12-17,27H,2,5,7,9-11,18-19,32H2,1H3,(H,33,35)/t27-/m1/s1. The van der Waals surface area contributed by atoms with Crippen molar-refractivity contribution < 1.29 is 23.5 Å². The van der Waals surface area contributed by atoms with Crippen molar-refractivity contribution in [1.29, 1.82) is 0 Å². The summed E-state index contributed by atoms with van der Waals surface area (Å²) >= 11 is 0. The molecule has 0 spiro atoms. The van der Waals surface area contributed by atoms with Gasteiger partial charge in [-0.2, -0.15) is 0 Å². The zero-order valence-electron chi connectivity index (χ0n) is 21.1. The number of nitrogens with one attached hydrogen (secondary N) is 1. The minimum absolute atomic E-state index is 0.0577. The Morgan fingerprint density at radius 3 is 2.62 bits per heavy atom. The lowest BCUT2D eigenvalue weighted by molar-refractivity contribution is -0.142. The van der Waals surface area contributed by atoms with Gasteiger partial charge in [0.2, 0.25) is 0 Å². The fraction of sp³-hybridized carbons (Fsp3) is 0.333. The average Bonchev–Trinajstić information content (AvgIpc) is 3.42. The van der Waals surface area contributed by atoms with Crippen molar-refractivity contribution >= 4 is 17.6 Å². The highest BCUT2D eigenvalue weighted by atomic mass is 19.1. The minimum Gasteiger partial charge on any atom is -0.466 e. The fourth-order valence-corrected chi connectivity index (χ4v) is 4.63. The highest BCUT2D eigenvalue weighted by Crippen LogP contribution is 2.27. The van der Waals surface area contributed by atoms with Gasteiger partial charge in [-0.3, -0.25) is 9.59 Å². The SMILES string of the molecule is CCOC(=O)Cc1ccccc1NC(=O)c1cc(CC[C@H]2CCCO2)cc(-c2cc(F)cc(CN)c2)c1. The molecule has 7 heteroatoms. The number of halogens is 1. The summed E-state index contributed by atoms with van der Waals surface area (Å²) in [6.45, 7) is 3.05. The van der Waals surface area contributed by atoms with Crippen molar-refractivity contribution in [3.8, 4) is 11.1 Å². The Labute approximate surface area is 217 Å². The summed E-state index contributed by atoms with van der Waals surface area (Å²) < 4.78 is 25.2. The monoisotopic (exact) mass is 504 g/mol. The summed E-state index contributed by atoms with van der Waals surface area (Å²) in [5.74, 6) is -1.04. The van der Waals surface area contributed by atoms with Crippen LogP contribution in [0.3, 0.4) is 0 Å². The molecule has 6 nitrogen and oxygen atoms in total. The van der Waals surface area contributed by atoms with Crippen molar-refractivity contribution in [1.82, 2.24) is 0 Å². The van der Waals surface area contributed by atoms with Crippen LogP contribution in [0.5, 0.6) is 0 Å². The second kappa shape index (κ2) is 12.6. The third-order valence-corrected chi connectivity index (χ3v) is 6.47. The largest absolute Gasteiger partial charge is 0.466 e. The van der Waals surface area contributed by atoms with Crippen molar-refractivity contribution in [3.05, 3.63) is 88.7 Å². The maximum absolute atomic E-state index is 14.3. The van der Waals surface area contributed by atoms with Crippen LogP contribution in [0.15, 0.2) is 60.7 Å². The molecular weight excluding hydrogens is 471 g/mol. The molecule has 1 saturated heterocycles. The second-order valence-electron chi connectivity index (χ2n) is 9.24. The second-order valence-corrected chi connectivity index (χ2v) is 9.24. The number of carbonyl (C=O) groups excluding carboxylic acids is 2. The first-order valence-corrected chi connectivity index (χ1v) is 12.8. The zero-order valence-corrected chi connectivity index (χ0v) is 21.1. The summed E-state index contributed by atoms with van der Waals surface area (Å²) in [4.78, 5) is 25.5. The summed E-state index contributed by atoms with van der Waals surface area (Å²) in [7, 11) is 0. The van der Waals surface area contributed by atoms with E-state index in [9.17, 15) is 14.0 Å². The number of esters is 1. The first kappa shape index (κ1) is 26.5. The molecule has 4 rings (SSSR count). The summed E-state index contributed by atoms with van der Waals surface area (Å²) in [5, 5.41) is 2.95. The lowest BCUT2D eigenvalue weighted by Gasteiger charge is -2.15. The van der Waals surface area contributed by atoms with Gasteiger partial charge >= 0.3 is 5.97 Å². The summed E-state index contributed by atoms with van der Waals surface area (Å²) in [6, 6.07) is 17.5. The molecule has 194 valence electrons. The minimum atomic E-state index is -0.374. The number of benzene rings is 3. The van der Waals surface area contributed by atoms with Crippen LogP contribution < -0.4 is 11.1 Å². The lowest BCUT2D eigenvalue weighted by atomic mass is 9.95. The Morgan fingerprint density at radius 1 is 1.08 bits per heavy atom. The maximum Gasteiger partial charge on any atom is 0.310 e. The number of amides is 1. The van der Waals surface area contributed by atoms with Gasteiger partial charge in [-0.15, -0.1) is 0 Å². The zero-order chi connectivity index (χ0) is 26.2. The van der Waals surface area contributed by atoms with Crippen LogP contribution in [0.1, 0.15) is 53.2 Å². The van der Waals surface area contributed by atoms with E-state index in [4.69, 9.17) is 15.2 Å². The molecule has 0 bridgehead atoms. The van der Waals surface area contributed by atoms with Gasteiger partial charge in [0.15, 0.2) is 0 Å². The Morgan fingerprint density at radius 2 is 1.86 bits per heavy atom. The molecule has 1 amide bonds. The van der Waals surface area contributed by atoms with Gasteiger partial charge in [0.25, 0.3) is 5.91 Å².